The fraction of sp³-hybridized carbons (Fsp3) is 0.360. The average Bonchev–Trinajstić information content (AvgIpc) is 3.02. The Morgan fingerprint density at radius 1 is 0.939 bits per heavy atom. The Morgan fingerprint density at radius 2 is 1.52 bits per heavy atom. The van der Waals surface area contributed by atoms with Gasteiger partial charge in [0, 0.05) is 6.54 Å². The molecule has 0 aromatic heterocycles. The standard InChI is InChI=1S/C25H28N2O6/c1-25(2,3)33-23(30)20(27-21(28)18-12-7-8-13-19(18)22(27)29)14-9-15-26-24(31)32-16-17-10-5-4-6-11-17/h4-8,10-13,20H,9,14-16H2,1-3H3,(H,26,31). The number of esters is 1. The van der Waals surface area contributed by atoms with Crippen LogP contribution >= 0.6 is 0 Å². The highest BCUT2D eigenvalue weighted by Crippen LogP contribution is 2.27. The number of rotatable bonds is 8. The number of ether oxygens (including phenoxy) is 2. The average molecular weight is 453 g/mol. The highest BCUT2D eigenvalue weighted by Gasteiger charge is 2.43. The Labute approximate surface area is 192 Å². The molecule has 0 bridgehead atoms. The number of carbonyl (C=O) groups excluding carboxylic acids is 4. The summed E-state index contributed by atoms with van der Waals surface area (Å²) < 4.78 is 10.6. The summed E-state index contributed by atoms with van der Waals surface area (Å²) in [5.41, 5.74) is 0.605. The van der Waals surface area contributed by atoms with E-state index in [9.17, 15) is 19.2 Å². The maximum absolute atomic E-state index is 12.9. The van der Waals surface area contributed by atoms with Crippen molar-refractivity contribution in [2.24, 2.45) is 0 Å². The Balaban J connectivity index is 1.60. The number of nitrogens with one attached hydrogen (secondary N) is 1. The molecule has 174 valence electrons. The molecule has 2 aromatic carbocycles. The highest BCUT2D eigenvalue weighted by atomic mass is 16.6. The van der Waals surface area contributed by atoms with E-state index in [2.05, 4.69) is 5.32 Å². The van der Waals surface area contributed by atoms with Gasteiger partial charge in [-0.15, -0.1) is 0 Å². The van der Waals surface area contributed by atoms with Crippen LogP contribution in [0.3, 0.4) is 0 Å². The lowest BCUT2D eigenvalue weighted by Crippen LogP contribution is -2.47. The molecular weight excluding hydrogens is 424 g/mol. The number of alkyl carbamates (subject to hydrolysis) is 1. The minimum atomic E-state index is -1.10. The van der Waals surface area contributed by atoms with Crippen LogP contribution in [0.5, 0.6) is 0 Å². The SMILES string of the molecule is CC(C)(C)OC(=O)C(CCCNC(=O)OCc1ccccc1)N1C(=O)c2ccccc2C1=O. The summed E-state index contributed by atoms with van der Waals surface area (Å²) >= 11 is 0. The topological polar surface area (TPSA) is 102 Å². The summed E-state index contributed by atoms with van der Waals surface area (Å²) in [6, 6.07) is 14.6. The Kier molecular flexibility index (Phi) is 7.48. The maximum atomic E-state index is 12.9. The van der Waals surface area contributed by atoms with Gasteiger partial charge in [-0.2, -0.15) is 0 Å². The van der Waals surface area contributed by atoms with Crippen molar-refractivity contribution in [1.82, 2.24) is 10.2 Å². The maximum Gasteiger partial charge on any atom is 0.407 e. The number of hydrogen-bond donors (Lipinski definition) is 1. The van der Waals surface area contributed by atoms with Crippen LogP contribution in [0, 0.1) is 0 Å². The van der Waals surface area contributed by atoms with Crippen LogP contribution in [-0.4, -0.2) is 47.0 Å². The molecule has 0 radical (unpaired) electrons. The zero-order valence-electron chi connectivity index (χ0n) is 19.0. The first-order chi connectivity index (χ1) is 15.7. The fourth-order valence-electron chi connectivity index (χ4n) is 3.47. The lowest BCUT2D eigenvalue weighted by Gasteiger charge is -2.28. The molecular formula is C25H28N2O6. The minimum Gasteiger partial charge on any atom is -0.458 e. The smallest absolute Gasteiger partial charge is 0.407 e. The van der Waals surface area contributed by atoms with E-state index in [1.54, 1.807) is 45.0 Å². The molecule has 1 aliphatic rings. The lowest BCUT2D eigenvalue weighted by molar-refractivity contribution is -0.160. The number of imide groups is 1. The monoisotopic (exact) mass is 452 g/mol. The van der Waals surface area contributed by atoms with Crippen molar-refractivity contribution in [3.63, 3.8) is 0 Å². The van der Waals surface area contributed by atoms with E-state index in [1.807, 2.05) is 30.3 Å². The zero-order chi connectivity index (χ0) is 24.0. The number of amides is 3. The molecule has 33 heavy (non-hydrogen) atoms. The first-order valence-electron chi connectivity index (χ1n) is 10.8. The first-order valence-corrected chi connectivity index (χ1v) is 10.8. The third-order valence-electron chi connectivity index (χ3n) is 4.95. The molecule has 3 rings (SSSR count). The molecule has 1 aliphatic heterocycles. The Hall–Kier alpha value is -3.68. The van der Waals surface area contributed by atoms with Gasteiger partial charge in [0.05, 0.1) is 11.1 Å². The summed E-state index contributed by atoms with van der Waals surface area (Å²) in [7, 11) is 0. The second kappa shape index (κ2) is 10.3. The number of fused-ring (bicyclic) bond motifs is 1. The third-order valence-corrected chi connectivity index (χ3v) is 4.95. The van der Waals surface area contributed by atoms with Crippen molar-refractivity contribution in [3.05, 3.63) is 71.3 Å². The summed E-state index contributed by atoms with van der Waals surface area (Å²) in [5, 5.41) is 2.62. The van der Waals surface area contributed by atoms with Crippen LogP contribution in [0.25, 0.3) is 0 Å². The molecule has 1 unspecified atom stereocenters. The van der Waals surface area contributed by atoms with E-state index in [-0.39, 0.29) is 30.7 Å². The number of nitrogens with zero attached hydrogens (tertiary/aromatic N) is 1. The largest absolute Gasteiger partial charge is 0.458 e. The predicted octanol–water partition coefficient (Wildman–Crippen LogP) is 3.70. The normalized spacial score (nSPS) is 14.0. The zero-order valence-corrected chi connectivity index (χ0v) is 19.0. The van der Waals surface area contributed by atoms with Crippen LogP contribution in [0.1, 0.15) is 59.9 Å². The molecule has 3 amide bonds. The number of hydrogen-bond acceptors (Lipinski definition) is 6. The van der Waals surface area contributed by atoms with Gasteiger partial charge in [-0.25, -0.2) is 9.59 Å². The second-order valence-electron chi connectivity index (χ2n) is 8.71. The minimum absolute atomic E-state index is 0.138. The van der Waals surface area contributed by atoms with Gasteiger partial charge in [0.25, 0.3) is 11.8 Å². The van der Waals surface area contributed by atoms with Crippen LogP contribution in [0.15, 0.2) is 54.6 Å². The van der Waals surface area contributed by atoms with Crippen molar-refractivity contribution in [2.75, 3.05) is 6.54 Å². The van der Waals surface area contributed by atoms with Crippen LogP contribution < -0.4 is 5.32 Å². The van der Waals surface area contributed by atoms with Gasteiger partial charge < -0.3 is 14.8 Å². The highest BCUT2D eigenvalue weighted by molar-refractivity contribution is 6.22. The van der Waals surface area contributed by atoms with Crippen molar-refractivity contribution in [2.45, 2.75) is 51.9 Å². The van der Waals surface area contributed by atoms with Crippen LogP contribution in [-0.2, 0) is 20.9 Å². The van der Waals surface area contributed by atoms with Gasteiger partial charge in [0.2, 0.25) is 0 Å². The van der Waals surface area contributed by atoms with Gasteiger partial charge in [-0.1, -0.05) is 42.5 Å². The fourth-order valence-corrected chi connectivity index (χ4v) is 3.47. The molecule has 0 fully saturated rings. The van der Waals surface area contributed by atoms with E-state index in [0.29, 0.717) is 6.42 Å². The van der Waals surface area contributed by atoms with Gasteiger partial charge in [0.1, 0.15) is 18.2 Å². The molecule has 0 spiro atoms. The van der Waals surface area contributed by atoms with Gasteiger partial charge in [0.15, 0.2) is 0 Å². The van der Waals surface area contributed by atoms with E-state index < -0.39 is 35.5 Å². The summed E-state index contributed by atoms with van der Waals surface area (Å²) in [6.45, 7) is 5.50. The molecule has 8 nitrogen and oxygen atoms in total. The molecule has 0 saturated heterocycles. The summed E-state index contributed by atoms with van der Waals surface area (Å²) in [5.74, 6) is -1.72. The molecule has 0 aliphatic carbocycles. The Morgan fingerprint density at radius 3 is 2.09 bits per heavy atom. The van der Waals surface area contributed by atoms with Gasteiger partial charge >= 0.3 is 12.1 Å². The van der Waals surface area contributed by atoms with Crippen molar-refractivity contribution < 1.29 is 28.7 Å². The van der Waals surface area contributed by atoms with Crippen LogP contribution in [0.4, 0.5) is 4.79 Å². The first kappa shape index (κ1) is 24.0. The predicted molar refractivity (Wildman–Crippen MR) is 120 cm³/mol. The van der Waals surface area contributed by atoms with Crippen molar-refractivity contribution >= 4 is 23.9 Å². The summed E-state index contributed by atoms with van der Waals surface area (Å²) in [6.07, 6.45) is -0.120. The summed E-state index contributed by atoms with van der Waals surface area (Å²) in [4.78, 5) is 51.6. The molecule has 1 atom stereocenters. The lowest BCUT2D eigenvalue weighted by atomic mass is 10.1. The molecule has 0 saturated carbocycles. The van der Waals surface area contributed by atoms with Crippen LogP contribution in [0.2, 0.25) is 0 Å². The molecule has 1 heterocycles. The quantitative estimate of drug-likeness (QED) is 0.372. The van der Waals surface area contributed by atoms with Gasteiger partial charge in [-0.05, 0) is 51.3 Å². The van der Waals surface area contributed by atoms with Crippen molar-refractivity contribution in [3.8, 4) is 0 Å². The van der Waals surface area contributed by atoms with Crippen molar-refractivity contribution in [1.29, 1.82) is 0 Å². The third kappa shape index (κ3) is 6.19. The van der Waals surface area contributed by atoms with E-state index in [4.69, 9.17) is 9.47 Å². The Bertz CT molecular complexity index is 994. The molecule has 2 aromatic rings. The van der Waals surface area contributed by atoms with E-state index in [0.717, 1.165) is 10.5 Å². The molecule has 8 heteroatoms. The van der Waals surface area contributed by atoms with E-state index in [1.165, 1.54) is 0 Å². The number of benzene rings is 2. The number of carbonyl (C=O) groups is 4. The van der Waals surface area contributed by atoms with E-state index >= 15 is 0 Å². The molecule has 1 N–H and O–H groups in total. The van der Waals surface area contributed by atoms with Gasteiger partial charge in [-0.3, -0.25) is 14.5 Å². The second-order valence-corrected chi connectivity index (χ2v) is 8.71.